The number of benzene rings is 1. The Bertz CT molecular complexity index is 659. The van der Waals surface area contributed by atoms with E-state index in [1.165, 1.54) is 4.90 Å². The lowest BCUT2D eigenvalue weighted by atomic mass is 10.1. The molecule has 0 saturated carbocycles. The molecule has 0 aliphatic carbocycles. The van der Waals surface area contributed by atoms with Crippen molar-refractivity contribution in [2.75, 3.05) is 11.9 Å². The fourth-order valence-corrected chi connectivity index (χ4v) is 2.58. The van der Waals surface area contributed by atoms with Gasteiger partial charge in [0.15, 0.2) is 0 Å². The molecular formula is C14H14N4OS. The van der Waals surface area contributed by atoms with Crippen LogP contribution in [0.15, 0.2) is 24.3 Å². The van der Waals surface area contributed by atoms with Crippen LogP contribution >= 0.6 is 11.5 Å². The molecule has 0 bridgehead atoms. The van der Waals surface area contributed by atoms with E-state index in [1.54, 1.807) is 31.3 Å². The molecule has 0 saturated heterocycles. The molecule has 1 amide bonds. The second kappa shape index (κ2) is 6.26. The first-order valence-corrected chi connectivity index (χ1v) is 7.04. The van der Waals surface area contributed by atoms with Gasteiger partial charge in [-0.15, -0.1) is 5.10 Å². The van der Waals surface area contributed by atoms with Crippen molar-refractivity contribution in [2.45, 2.75) is 19.8 Å². The fourth-order valence-electron chi connectivity index (χ4n) is 1.89. The summed E-state index contributed by atoms with van der Waals surface area (Å²) in [7, 11) is 1.66. The Morgan fingerprint density at radius 2 is 2.20 bits per heavy atom. The molecule has 5 nitrogen and oxygen atoms in total. The number of aryl methyl sites for hydroxylation is 1. The van der Waals surface area contributed by atoms with Crippen molar-refractivity contribution in [1.29, 1.82) is 5.26 Å². The average Bonchev–Trinajstić information content (AvgIpc) is 2.94. The second-order valence-electron chi connectivity index (χ2n) is 4.29. The van der Waals surface area contributed by atoms with Gasteiger partial charge in [0, 0.05) is 7.05 Å². The number of nitrogens with zero attached hydrogens (tertiary/aromatic N) is 4. The number of aromatic nitrogens is 2. The zero-order valence-electron chi connectivity index (χ0n) is 11.3. The van der Waals surface area contributed by atoms with E-state index in [1.807, 2.05) is 6.92 Å². The lowest BCUT2D eigenvalue weighted by Crippen LogP contribution is -2.27. The Morgan fingerprint density at radius 3 is 2.90 bits per heavy atom. The van der Waals surface area contributed by atoms with Crippen molar-refractivity contribution in [1.82, 2.24) is 9.59 Å². The minimum atomic E-state index is -0.175. The maximum Gasteiger partial charge on any atom is 0.271 e. The lowest BCUT2D eigenvalue weighted by Gasteiger charge is -2.17. The molecule has 1 aromatic heterocycles. The molecule has 0 aliphatic rings. The summed E-state index contributed by atoms with van der Waals surface area (Å²) in [5.41, 5.74) is 1.79. The highest BCUT2D eigenvalue weighted by molar-refractivity contribution is 7.08. The first kappa shape index (κ1) is 14.2. The normalized spacial score (nSPS) is 10.1. The minimum absolute atomic E-state index is 0.175. The number of para-hydroxylation sites is 1. The standard InChI is InChI=1S/C14H14N4OS/c1-3-6-11-13(20-17-16-11)14(19)18(2)12-8-5-4-7-10(12)9-15/h4-5,7-8H,3,6H2,1-2H3. The second-order valence-corrected chi connectivity index (χ2v) is 5.05. The maximum absolute atomic E-state index is 12.5. The fraction of sp³-hybridized carbons (Fsp3) is 0.286. The molecule has 6 heteroatoms. The zero-order valence-corrected chi connectivity index (χ0v) is 12.1. The molecule has 0 fully saturated rings. The Labute approximate surface area is 121 Å². The highest BCUT2D eigenvalue weighted by Gasteiger charge is 2.21. The van der Waals surface area contributed by atoms with Crippen molar-refractivity contribution in [3.8, 4) is 6.07 Å². The first-order chi connectivity index (χ1) is 9.69. The summed E-state index contributed by atoms with van der Waals surface area (Å²) in [6.07, 6.45) is 1.63. The van der Waals surface area contributed by atoms with Gasteiger partial charge < -0.3 is 4.90 Å². The van der Waals surface area contributed by atoms with E-state index in [2.05, 4.69) is 15.7 Å². The smallest absolute Gasteiger partial charge is 0.271 e. The molecule has 0 aliphatic heterocycles. The molecular weight excluding hydrogens is 272 g/mol. The summed E-state index contributed by atoms with van der Waals surface area (Å²) in [5.74, 6) is -0.175. The molecule has 20 heavy (non-hydrogen) atoms. The number of carbonyl (C=O) groups is 1. The van der Waals surface area contributed by atoms with Gasteiger partial charge >= 0.3 is 0 Å². The molecule has 0 unspecified atom stereocenters. The third-order valence-electron chi connectivity index (χ3n) is 2.93. The van der Waals surface area contributed by atoms with E-state index >= 15 is 0 Å². The highest BCUT2D eigenvalue weighted by Crippen LogP contribution is 2.22. The van der Waals surface area contributed by atoms with Crippen LogP contribution in [0.1, 0.15) is 34.3 Å². The summed E-state index contributed by atoms with van der Waals surface area (Å²) in [4.78, 5) is 14.5. The van der Waals surface area contributed by atoms with Crippen LogP contribution < -0.4 is 4.90 Å². The first-order valence-electron chi connectivity index (χ1n) is 6.27. The predicted octanol–water partition coefficient (Wildman–Crippen LogP) is 2.64. The number of nitriles is 1. The molecule has 1 aromatic carbocycles. The summed E-state index contributed by atoms with van der Waals surface area (Å²) in [6.45, 7) is 2.03. The zero-order chi connectivity index (χ0) is 14.5. The molecule has 0 spiro atoms. The van der Waals surface area contributed by atoms with Crippen molar-refractivity contribution in [2.24, 2.45) is 0 Å². The largest absolute Gasteiger partial charge is 0.309 e. The predicted molar refractivity (Wildman–Crippen MR) is 77.8 cm³/mol. The van der Waals surface area contributed by atoms with Crippen molar-refractivity contribution >= 4 is 23.1 Å². The maximum atomic E-state index is 12.5. The van der Waals surface area contributed by atoms with Crippen LogP contribution in [-0.2, 0) is 6.42 Å². The molecule has 1 heterocycles. The summed E-state index contributed by atoms with van der Waals surface area (Å²) >= 11 is 1.10. The minimum Gasteiger partial charge on any atom is -0.309 e. The van der Waals surface area contributed by atoms with Crippen molar-refractivity contribution in [3.05, 3.63) is 40.4 Å². The van der Waals surface area contributed by atoms with Gasteiger partial charge in [-0.05, 0) is 30.1 Å². The van der Waals surface area contributed by atoms with E-state index in [0.717, 1.165) is 30.1 Å². The average molecular weight is 286 g/mol. The Kier molecular flexibility index (Phi) is 4.43. The molecule has 102 valence electrons. The molecule has 0 radical (unpaired) electrons. The number of carbonyl (C=O) groups excluding carboxylic acids is 1. The van der Waals surface area contributed by atoms with Crippen LogP contribution in [-0.4, -0.2) is 22.5 Å². The van der Waals surface area contributed by atoms with Crippen LogP contribution in [0.4, 0.5) is 5.69 Å². The Balaban J connectivity index is 2.33. The Morgan fingerprint density at radius 1 is 1.45 bits per heavy atom. The van der Waals surface area contributed by atoms with E-state index < -0.39 is 0 Å². The molecule has 2 aromatic rings. The molecule has 0 atom stereocenters. The third kappa shape index (κ3) is 2.68. The van der Waals surface area contributed by atoms with Gasteiger partial charge in [0.05, 0.1) is 16.9 Å². The van der Waals surface area contributed by atoms with Crippen LogP contribution in [0.25, 0.3) is 0 Å². The van der Waals surface area contributed by atoms with Crippen molar-refractivity contribution in [3.63, 3.8) is 0 Å². The van der Waals surface area contributed by atoms with Gasteiger partial charge in [-0.2, -0.15) is 5.26 Å². The van der Waals surface area contributed by atoms with Crippen molar-refractivity contribution < 1.29 is 4.79 Å². The van der Waals surface area contributed by atoms with E-state index in [4.69, 9.17) is 5.26 Å². The van der Waals surface area contributed by atoms with Crippen LogP contribution in [0.3, 0.4) is 0 Å². The van der Waals surface area contributed by atoms with Gasteiger partial charge in [-0.1, -0.05) is 30.0 Å². The Hall–Kier alpha value is -2.26. The monoisotopic (exact) mass is 286 g/mol. The van der Waals surface area contributed by atoms with E-state index in [9.17, 15) is 4.79 Å². The van der Waals surface area contributed by atoms with Crippen LogP contribution in [0, 0.1) is 11.3 Å². The number of rotatable bonds is 4. The van der Waals surface area contributed by atoms with Crippen LogP contribution in [0.5, 0.6) is 0 Å². The SMILES string of the molecule is CCCc1nnsc1C(=O)N(C)c1ccccc1C#N. The summed E-state index contributed by atoms with van der Waals surface area (Å²) in [5, 5.41) is 13.1. The van der Waals surface area contributed by atoms with Gasteiger partial charge in [0.2, 0.25) is 0 Å². The van der Waals surface area contributed by atoms with E-state index in [-0.39, 0.29) is 5.91 Å². The van der Waals surface area contributed by atoms with Crippen LogP contribution in [0.2, 0.25) is 0 Å². The number of hydrogen-bond acceptors (Lipinski definition) is 5. The molecule has 2 rings (SSSR count). The summed E-state index contributed by atoms with van der Waals surface area (Å²) < 4.78 is 3.86. The highest BCUT2D eigenvalue weighted by atomic mass is 32.1. The quantitative estimate of drug-likeness (QED) is 0.866. The van der Waals surface area contributed by atoms with Gasteiger partial charge in [0.1, 0.15) is 10.9 Å². The number of hydrogen-bond donors (Lipinski definition) is 0. The van der Waals surface area contributed by atoms with E-state index in [0.29, 0.717) is 16.1 Å². The summed E-state index contributed by atoms with van der Waals surface area (Å²) in [6, 6.07) is 9.12. The lowest BCUT2D eigenvalue weighted by molar-refractivity contribution is 0.0995. The third-order valence-corrected chi connectivity index (χ3v) is 3.68. The number of amides is 1. The van der Waals surface area contributed by atoms with Gasteiger partial charge in [-0.25, -0.2) is 0 Å². The topological polar surface area (TPSA) is 69.9 Å². The van der Waals surface area contributed by atoms with Gasteiger partial charge in [0.25, 0.3) is 5.91 Å². The number of anilines is 1. The van der Waals surface area contributed by atoms with Gasteiger partial charge in [-0.3, -0.25) is 4.79 Å². The molecule has 0 N–H and O–H groups in total.